The third-order valence-electron chi connectivity index (χ3n) is 4.31. The fourth-order valence-electron chi connectivity index (χ4n) is 2.76. The molecule has 1 heterocycles. The lowest BCUT2D eigenvalue weighted by molar-refractivity contribution is -0.141. The van der Waals surface area contributed by atoms with E-state index in [1.54, 1.807) is 43.5 Å². The van der Waals surface area contributed by atoms with E-state index >= 15 is 0 Å². The molecule has 2 aromatic carbocycles. The Morgan fingerprint density at radius 2 is 1.73 bits per heavy atom. The summed E-state index contributed by atoms with van der Waals surface area (Å²) in [5.74, 6) is -1.17. The van der Waals surface area contributed by atoms with E-state index in [1.807, 2.05) is 18.2 Å². The van der Waals surface area contributed by atoms with Crippen LogP contribution in [0.25, 0.3) is 22.2 Å². The van der Waals surface area contributed by atoms with Gasteiger partial charge in [0.25, 0.3) is 5.91 Å². The highest BCUT2D eigenvalue weighted by Gasteiger charge is 2.17. The van der Waals surface area contributed by atoms with Crippen molar-refractivity contribution in [2.75, 3.05) is 27.4 Å². The van der Waals surface area contributed by atoms with Crippen molar-refractivity contribution in [3.8, 4) is 17.0 Å². The average molecular weight is 408 g/mol. The van der Waals surface area contributed by atoms with Gasteiger partial charge in [0.1, 0.15) is 12.3 Å². The van der Waals surface area contributed by atoms with Crippen LogP contribution >= 0.6 is 0 Å². The zero-order valence-corrected chi connectivity index (χ0v) is 16.5. The minimum Gasteiger partial charge on any atom is -0.497 e. The number of pyridine rings is 1. The molecule has 0 bridgehead atoms. The maximum Gasteiger partial charge on any atom is 0.339 e. The van der Waals surface area contributed by atoms with E-state index in [1.165, 1.54) is 7.11 Å². The van der Waals surface area contributed by atoms with Gasteiger partial charge in [0, 0.05) is 10.9 Å². The second-order valence-corrected chi connectivity index (χ2v) is 6.23. The van der Waals surface area contributed by atoms with Crippen molar-refractivity contribution in [3.05, 3.63) is 60.2 Å². The van der Waals surface area contributed by atoms with Crippen molar-refractivity contribution < 1.29 is 28.6 Å². The predicted octanol–water partition coefficient (Wildman–Crippen LogP) is 2.36. The number of benzene rings is 2. The van der Waals surface area contributed by atoms with Crippen LogP contribution in [0.15, 0.2) is 54.6 Å². The normalized spacial score (nSPS) is 10.3. The van der Waals surface area contributed by atoms with Gasteiger partial charge in [0.05, 0.1) is 31.0 Å². The number of hydrogen-bond donors (Lipinski definition) is 1. The molecule has 0 aliphatic carbocycles. The first-order chi connectivity index (χ1) is 14.5. The van der Waals surface area contributed by atoms with Crippen molar-refractivity contribution in [3.63, 3.8) is 0 Å². The minimum atomic E-state index is -0.670. The van der Waals surface area contributed by atoms with E-state index in [-0.39, 0.29) is 12.1 Å². The first kappa shape index (κ1) is 20.8. The van der Waals surface area contributed by atoms with Crippen molar-refractivity contribution in [1.82, 2.24) is 10.3 Å². The topological polar surface area (TPSA) is 104 Å². The van der Waals surface area contributed by atoms with Crippen LogP contribution in [0.4, 0.5) is 0 Å². The van der Waals surface area contributed by atoms with Crippen LogP contribution in [0.2, 0.25) is 0 Å². The molecule has 0 fully saturated rings. The molecule has 3 aromatic rings. The van der Waals surface area contributed by atoms with E-state index in [4.69, 9.17) is 9.47 Å². The number of para-hydroxylation sites is 1. The molecule has 0 aliphatic heterocycles. The number of hydrogen-bond acceptors (Lipinski definition) is 7. The van der Waals surface area contributed by atoms with Crippen LogP contribution in [0.3, 0.4) is 0 Å². The molecule has 154 valence electrons. The molecule has 0 spiro atoms. The molecule has 0 saturated heterocycles. The van der Waals surface area contributed by atoms with Gasteiger partial charge in [0.2, 0.25) is 0 Å². The third-order valence-corrected chi connectivity index (χ3v) is 4.31. The number of nitrogens with zero attached hydrogens (tertiary/aromatic N) is 1. The fourth-order valence-corrected chi connectivity index (χ4v) is 2.76. The van der Waals surface area contributed by atoms with Gasteiger partial charge in [-0.1, -0.05) is 18.2 Å². The zero-order valence-electron chi connectivity index (χ0n) is 16.5. The van der Waals surface area contributed by atoms with E-state index in [2.05, 4.69) is 15.0 Å². The van der Waals surface area contributed by atoms with Crippen LogP contribution in [0.1, 0.15) is 10.4 Å². The maximum absolute atomic E-state index is 12.7. The SMILES string of the molecule is COC(=O)CNC(=O)COC(=O)c1cc(-c2ccc(OC)cc2)nc2ccccc12. The van der Waals surface area contributed by atoms with Crippen molar-refractivity contribution in [1.29, 1.82) is 0 Å². The van der Waals surface area contributed by atoms with Gasteiger partial charge in [-0.15, -0.1) is 0 Å². The smallest absolute Gasteiger partial charge is 0.339 e. The summed E-state index contributed by atoms with van der Waals surface area (Å²) in [6.07, 6.45) is 0. The van der Waals surface area contributed by atoms with E-state index in [0.717, 1.165) is 5.56 Å². The Kier molecular flexibility index (Phi) is 6.59. The Morgan fingerprint density at radius 1 is 1.00 bits per heavy atom. The minimum absolute atomic E-state index is 0.284. The van der Waals surface area contributed by atoms with Gasteiger partial charge in [-0.3, -0.25) is 9.59 Å². The highest BCUT2D eigenvalue weighted by atomic mass is 16.5. The summed E-state index contributed by atoms with van der Waals surface area (Å²) in [6.45, 7) is -0.822. The number of carbonyl (C=O) groups excluding carboxylic acids is 3. The van der Waals surface area contributed by atoms with E-state index in [0.29, 0.717) is 22.3 Å². The molecule has 0 saturated carbocycles. The summed E-state index contributed by atoms with van der Waals surface area (Å²) in [7, 11) is 2.79. The van der Waals surface area contributed by atoms with Crippen molar-refractivity contribution in [2.24, 2.45) is 0 Å². The van der Waals surface area contributed by atoms with Gasteiger partial charge < -0.3 is 19.5 Å². The molecule has 30 heavy (non-hydrogen) atoms. The lowest BCUT2D eigenvalue weighted by atomic mass is 10.0. The lowest BCUT2D eigenvalue weighted by Crippen LogP contribution is -2.33. The molecular formula is C22H20N2O6. The second kappa shape index (κ2) is 9.51. The molecule has 0 unspecified atom stereocenters. The van der Waals surface area contributed by atoms with Crippen LogP contribution in [-0.2, 0) is 19.1 Å². The molecule has 3 rings (SSSR count). The molecule has 8 nitrogen and oxygen atoms in total. The van der Waals surface area contributed by atoms with Crippen LogP contribution in [0, 0.1) is 0 Å². The number of amides is 1. The average Bonchev–Trinajstić information content (AvgIpc) is 2.80. The standard InChI is InChI=1S/C22H20N2O6/c1-28-15-9-7-14(8-10-15)19-11-17(16-5-3-4-6-18(16)24-19)22(27)30-13-20(25)23-12-21(26)29-2/h3-11H,12-13H2,1-2H3,(H,23,25). The third kappa shape index (κ3) is 4.91. The number of methoxy groups -OCH3 is 2. The first-order valence-electron chi connectivity index (χ1n) is 9.06. The van der Waals surface area contributed by atoms with Crippen molar-refractivity contribution in [2.45, 2.75) is 0 Å². The highest BCUT2D eigenvalue weighted by Crippen LogP contribution is 2.26. The molecule has 8 heteroatoms. The molecule has 0 atom stereocenters. The molecule has 1 aromatic heterocycles. The highest BCUT2D eigenvalue weighted by molar-refractivity contribution is 6.05. The van der Waals surface area contributed by atoms with E-state index < -0.39 is 24.5 Å². The summed E-state index contributed by atoms with van der Waals surface area (Å²) in [5.41, 5.74) is 2.28. The number of carbonyl (C=O) groups is 3. The summed E-state index contributed by atoms with van der Waals surface area (Å²) < 4.78 is 14.7. The first-order valence-corrected chi connectivity index (χ1v) is 9.06. The molecular weight excluding hydrogens is 388 g/mol. The predicted molar refractivity (Wildman–Crippen MR) is 109 cm³/mol. The van der Waals surface area contributed by atoms with Gasteiger partial charge in [0.15, 0.2) is 6.61 Å². The monoisotopic (exact) mass is 408 g/mol. The number of ether oxygens (including phenoxy) is 3. The van der Waals surface area contributed by atoms with Gasteiger partial charge in [-0.25, -0.2) is 9.78 Å². The number of rotatable bonds is 7. The number of fused-ring (bicyclic) bond motifs is 1. The Labute approximate surface area is 172 Å². The number of esters is 2. The van der Waals surface area contributed by atoms with Crippen LogP contribution < -0.4 is 10.1 Å². The Balaban J connectivity index is 1.83. The Bertz CT molecular complexity index is 1080. The molecule has 1 N–H and O–H groups in total. The lowest BCUT2D eigenvalue weighted by Gasteiger charge is -2.10. The largest absolute Gasteiger partial charge is 0.497 e. The fraction of sp³-hybridized carbons (Fsp3) is 0.182. The van der Waals surface area contributed by atoms with Crippen LogP contribution in [0.5, 0.6) is 5.75 Å². The van der Waals surface area contributed by atoms with Gasteiger partial charge >= 0.3 is 11.9 Å². The van der Waals surface area contributed by atoms with Gasteiger partial charge in [-0.05, 0) is 36.4 Å². The summed E-state index contributed by atoms with van der Waals surface area (Å²) in [4.78, 5) is 40.2. The Morgan fingerprint density at radius 3 is 2.43 bits per heavy atom. The zero-order chi connectivity index (χ0) is 21.5. The molecule has 0 radical (unpaired) electrons. The quantitative estimate of drug-likeness (QED) is 0.599. The number of aromatic nitrogens is 1. The Hall–Kier alpha value is -3.94. The summed E-state index contributed by atoms with van der Waals surface area (Å²) in [5, 5.41) is 2.92. The summed E-state index contributed by atoms with van der Waals surface area (Å²) in [6, 6.07) is 16.1. The molecule has 1 amide bonds. The summed E-state index contributed by atoms with van der Waals surface area (Å²) >= 11 is 0. The van der Waals surface area contributed by atoms with E-state index in [9.17, 15) is 14.4 Å². The van der Waals surface area contributed by atoms with Gasteiger partial charge in [-0.2, -0.15) is 0 Å². The second-order valence-electron chi connectivity index (χ2n) is 6.23. The van der Waals surface area contributed by atoms with Crippen molar-refractivity contribution >= 4 is 28.7 Å². The van der Waals surface area contributed by atoms with Crippen LogP contribution in [-0.4, -0.2) is 50.2 Å². The molecule has 0 aliphatic rings. The number of nitrogens with one attached hydrogen (secondary N) is 1. The maximum atomic E-state index is 12.7.